The lowest BCUT2D eigenvalue weighted by atomic mass is 10.1. The van der Waals surface area contributed by atoms with Crippen LogP contribution in [0.1, 0.15) is 20.7 Å². The van der Waals surface area contributed by atoms with Crippen LogP contribution in [-0.2, 0) is 0 Å². The molecule has 0 saturated carbocycles. The predicted molar refractivity (Wildman–Crippen MR) is 69.0 cm³/mol. The van der Waals surface area contributed by atoms with Crippen molar-refractivity contribution in [2.45, 2.75) is 0 Å². The molecule has 0 saturated heterocycles. The predicted octanol–water partition coefficient (Wildman–Crippen LogP) is 1.42. The molecular formula is C12H9ClO2Si. The van der Waals surface area contributed by atoms with Gasteiger partial charge in [0.1, 0.15) is 0 Å². The fourth-order valence-corrected chi connectivity index (χ4v) is 2.24. The second kappa shape index (κ2) is 3.54. The molecule has 0 amide bonds. The van der Waals surface area contributed by atoms with E-state index in [1.54, 1.807) is 18.2 Å². The van der Waals surface area contributed by atoms with Crippen molar-refractivity contribution in [1.29, 1.82) is 0 Å². The first-order valence-corrected chi connectivity index (χ1v) is 4.88. The Morgan fingerprint density at radius 2 is 1.69 bits per heavy atom. The van der Waals surface area contributed by atoms with Gasteiger partial charge in [-0.3, -0.25) is 9.59 Å². The third-order valence-electron chi connectivity index (χ3n) is 2.67. The molecule has 0 radical (unpaired) electrons. The van der Waals surface area contributed by atoms with E-state index in [0.717, 1.165) is 5.39 Å². The SMILES string of the molecule is O=C1C(=O)c2c(Cl)ccc3cccc1c23.[SiH4]. The molecule has 0 spiro atoms. The summed E-state index contributed by atoms with van der Waals surface area (Å²) in [5.41, 5.74) is 0.824. The molecule has 0 aliphatic heterocycles. The lowest BCUT2D eigenvalue weighted by Gasteiger charge is -2.00. The number of rotatable bonds is 0. The van der Waals surface area contributed by atoms with Gasteiger partial charge in [-0.15, -0.1) is 0 Å². The highest BCUT2D eigenvalue weighted by atomic mass is 35.5. The van der Waals surface area contributed by atoms with Gasteiger partial charge in [-0.25, -0.2) is 0 Å². The zero-order valence-electron chi connectivity index (χ0n) is 7.58. The van der Waals surface area contributed by atoms with Crippen LogP contribution in [0.15, 0.2) is 30.3 Å². The maximum atomic E-state index is 11.7. The minimum absolute atomic E-state index is 0. The van der Waals surface area contributed by atoms with Gasteiger partial charge in [0.15, 0.2) is 0 Å². The van der Waals surface area contributed by atoms with Crippen molar-refractivity contribution in [3.05, 3.63) is 46.5 Å². The van der Waals surface area contributed by atoms with Crippen LogP contribution in [0.3, 0.4) is 0 Å². The number of carbonyl (C=O) groups excluding carboxylic acids is 2. The van der Waals surface area contributed by atoms with Gasteiger partial charge < -0.3 is 0 Å². The van der Waals surface area contributed by atoms with E-state index < -0.39 is 11.6 Å². The third-order valence-corrected chi connectivity index (χ3v) is 2.99. The molecule has 2 aromatic rings. The number of ketones is 2. The van der Waals surface area contributed by atoms with Gasteiger partial charge in [-0.2, -0.15) is 0 Å². The summed E-state index contributed by atoms with van der Waals surface area (Å²) in [7, 11) is 0. The molecule has 3 rings (SSSR count). The first-order chi connectivity index (χ1) is 7.20. The Morgan fingerprint density at radius 3 is 2.44 bits per heavy atom. The first-order valence-electron chi connectivity index (χ1n) is 4.50. The molecule has 1 aliphatic carbocycles. The van der Waals surface area contributed by atoms with Crippen molar-refractivity contribution in [1.82, 2.24) is 0 Å². The summed E-state index contributed by atoms with van der Waals surface area (Å²) in [4.78, 5) is 23.3. The summed E-state index contributed by atoms with van der Waals surface area (Å²) in [5.74, 6) is -0.949. The number of Topliss-reactive ketones (excluding diaryl/α,β-unsaturated/α-hetero) is 2. The quantitative estimate of drug-likeness (QED) is 0.522. The Hall–Kier alpha value is -1.45. The minimum Gasteiger partial charge on any atom is -0.285 e. The second-order valence-corrected chi connectivity index (χ2v) is 3.89. The van der Waals surface area contributed by atoms with Crippen molar-refractivity contribution in [2.75, 3.05) is 0 Å². The van der Waals surface area contributed by atoms with E-state index in [9.17, 15) is 9.59 Å². The fraction of sp³-hybridized carbons (Fsp3) is 0. The van der Waals surface area contributed by atoms with Crippen LogP contribution in [0.5, 0.6) is 0 Å². The lowest BCUT2D eigenvalue weighted by molar-refractivity contribution is 0.0825. The van der Waals surface area contributed by atoms with Gasteiger partial charge in [0.05, 0.1) is 10.6 Å². The van der Waals surface area contributed by atoms with Crippen LogP contribution in [0.25, 0.3) is 10.8 Å². The average molecular weight is 249 g/mol. The Kier molecular flexibility index (Phi) is 2.44. The Bertz CT molecular complexity index is 634. The molecular weight excluding hydrogens is 240 g/mol. The largest absolute Gasteiger partial charge is 0.285 e. The summed E-state index contributed by atoms with van der Waals surface area (Å²) < 4.78 is 0. The van der Waals surface area contributed by atoms with Crippen LogP contribution < -0.4 is 0 Å². The average Bonchev–Trinajstić information content (AvgIpc) is 2.50. The molecule has 1 aliphatic rings. The monoisotopic (exact) mass is 248 g/mol. The molecule has 0 unspecified atom stereocenters. The van der Waals surface area contributed by atoms with Crippen LogP contribution >= 0.6 is 11.6 Å². The number of benzene rings is 2. The van der Waals surface area contributed by atoms with Crippen molar-refractivity contribution in [3.63, 3.8) is 0 Å². The minimum atomic E-state index is -0.494. The van der Waals surface area contributed by atoms with Gasteiger partial charge >= 0.3 is 0 Å². The molecule has 0 fully saturated rings. The van der Waals surface area contributed by atoms with Crippen LogP contribution in [-0.4, -0.2) is 22.5 Å². The standard InChI is InChI=1S/C12H5ClO2.H4Si/c13-8-5-4-6-2-1-3-7-9(6)10(8)12(15)11(7)14;/h1-5H;1H4. The highest BCUT2D eigenvalue weighted by Crippen LogP contribution is 2.34. The van der Waals surface area contributed by atoms with Crippen molar-refractivity contribution in [3.8, 4) is 0 Å². The number of halogens is 1. The van der Waals surface area contributed by atoms with Crippen LogP contribution in [0, 0.1) is 0 Å². The van der Waals surface area contributed by atoms with E-state index in [1.165, 1.54) is 0 Å². The van der Waals surface area contributed by atoms with E-state index in [-0.39, 0.29) is 11.0 Å². The number of hydrogen-bond acceptors (Lipinski definition) is 2. The van der Waals surface area contributed by atoms with Gasteiger partial charge in [0.2, 0.25) is 11.6 Å². The molecule has 4 heteroatoms. The Balaban J connectivity index is 0.000000963. The molecule has 0 heterocycles. The zero-order chi connectivity index (χ0) is 10.6. The third kappa shape index (κ3) is 1.19. The highest BCUT2D eigenvalue weighted by Gasteiger charge is 2.32. The summed E-state index contributed by atoms with van der Waals surface area (Å²) in [6, 6.07) is 8.77. The van der Waals surface area contributed by atoms with Gasteiger partial charge in [0.25, 0.3) is 0 Å². The molecule has 0 bridgehead atoms. The van der Waals surface area contributed by atoms with Crippen LogP contribution in [0.4, 0.5) is 0 Å². The first kappa shape index (κ1) is 11.0. The molecule has 0 aromatic heterocycles. The topological polar surface area (TPSA) is 34.1 Å². The summed E-state index contributed by atoms with van der Waals surface area (Å²) in [6.07, 6.45) is 0. The summed E-state index contributed by atoms with van der Waals surface area (Å²) in [6.45, 7) is 0. The molecule has 80 valence electrons. The molecule has 2 nitrogen and oxygen atoms in total. The highest BCUT2D eigenvalue weighted by molar-refractivity contribution is 6.59. The normalized spacial score (nSPS) is 13.1. The number of carbonyl (C=O) groups is 2. The zero-order valence-corrected chi connectivity index (χ0v) is 8.34. The fourth-order valence-electron chi connectivity index (χ4n) is 2.00. The number of hydrogen-bond donors (Lipinski definition) is 0. The van der Waals surface area contributed by atoms with Crippen molar-refractivity contribution in [2.24, 2.45) is 0 Å². The van der Waals surface area contributed by atoms with Crippen molar-refractivity contribution < 1.29 is 9.59 Å². The van der Waals surface area contributed by atoms with Crippen LogP contribution in [0.2, 0.25) is 5.02 Å². The smallest absolute Gasteiger partial charge is 0.235 e. The Morgan fingerprint density at radius 1 is 0.938 bits per heavy atom. The lowest BCUT2D eigenvalue weighted by Crippen LogP contribution is -2.06. The molecule has 2 aromatic carbocycles. The van der Waals surface area contributed by atoms with Gasteiger partial charge in [-0.05, 0) is 22.4 Å². The second-order valence-electron chi connectivity index (χ2n) is 3.48. The van der Waals surface area contributed by atoms with E-state index in [4.69, 9.17) is 11.6 Å². The van der Waals surface area contributed by atoms with Gasteiger partial charge in [-0.1, -0.05) is 35.9 Å². The Labute approximate surface area is 101 Å². The summed E-state index contributed by atoms with van der Waals surface area (Å²) in [5, 5.41) is 1.93. The van der Waals surface area contributed by atoms with E-state index in [2.05, 4.69) is 0 Å². The van der Waals surface area contributed by atoms with Gasteiger partial charge in [0, 0.05) is 10.9 Å². The molecule has 16 heavy (non-hydrogen) atoms. The summed E-state index contributed by atoms with van der Waals surface area (Å²) >= 11 is 5.92. The van der Waals surface area contributed by atoms with E-state index in [1.807, 2.05) is 12.1 Å². The maximum absolute atomic E-state index is 11.7. The van der Waals surface area contributed by atoms with E-state index in [0.29, 0.717) is 21.5 Å². The molecule has 0 N–H and O–H groups in total. The van der Waals surface area contributed by atoms with E-state index >= 15 is 0 Å². The maximum Gasteiger partial charge on any atom is 0.235 e. The molecule has 0 atom stereocenters. The van der Waals surface area contributed by atoms with Crippen molar-refractivity contribution >= 4 is 44.9 Å².